The summed E-state index contributed by atoms with van der Waals surface area (Å²) in [7, 11) is 1.27. The van der Waals surface area contributed by atoms with Crippen molar-refractivity contribution in [2.45, 2.75) is 85.0 Å². The van der Waals surface area contributed by atoms with Gasteiger partial charge in [0.2, 0.25) is 5.78 Å². The summed E-state index contributed by atoms with van der Waals surface area (Å²) in [6.07, 6.45) is -0.754. The summed E-state index contributed by atoms with van der Waals surface area (Å²) in [4.78, 5) is 54.0. The number of carbonyl (C=O) groups excluding carboxylic acids is 4. The quantitative estimate of drug-likeness (QED) is 0.271. The average Bonchev–Trinajstić information content (AvgIpc) is 3.68. The number of nitrogens with zero attached hydrogens (tertiary/aromatic N) is 3. The highest BCUT2D eigenvalue weighted by molar-refractivity contribution is 6.38. The van der Waals surface area contributed by atoms with Gasteiger partial charge in [-0.2, -0.15) is 0 Å². The van der Waals surface area contributed by atoms with Gasteiger partial charge in [0, 0.05) is 17.0 Å². The number of ether oxygens (including phenoxy) is 2. The Morgan fingerprint density at radius 2 is 1.80 bits per heavy atom. The predicted molar refractivity (Wildman–Crippen MR) is 162 cm³/mol. The van der Waals surface area contributed by atoms with Crippen molar-refractivity contribution in [3.05, 3.63) is 59.0 Å². The van der Waals surface area contributed by atoms with Crippen molar-refractivity contribution in [3.63, 3.8) is 0 Å². The maximum absolute atomic E-state index is 13.3. The molecule has 45 heavy (non-hydrogen) atoms. The Balaban J connectivity index is 1.54. The minimum absolute atomic E-state index is 0.0116. The second-order valence-corrected chi connectivity index (χ2v) is 11.9. The molecule has 1 fully saturated rings. The topological polar surface area (TPSA) is 166 Å². The van der Waals surface area contributed by atoms with E-state index in [1.54, 1.807) is 26.8 Å². The number of benzene rings is 1. The number of amides is 3. The van der Waals surface area contributed by atoms with E-state index >= 15 is 0 Å². The molecule has 2 aromatic heterocycles. The molecule has 0 saturated carbocycles. The molecule has 0 radical (unpaired) electrons. The van der Waals surface area contributed by atoms with Gasteiger partial charge in [-0.05, 0) is 32.8 Å². The highest BCUT2D eigenvalue weighted by Crippen LogP contribution is 2.51. The van der Waals surface area contributed by atoms with Gasteiger partial charge >= 0.3 is 12.2 Å². The van der Waals surface area contributed by atoms with E-state index in [1.807, 2.05) is 51.1 Å². The summed E-state index contributed by atoms with van der Waals surface area (Å²) >= 11 is 0. The normalized spacial score (nSPS) is 18.6. The number of ketones is 1. The van der Waals surface area contributed by atoms with Gasteiger partial charge in [-0.25, -0.2) is 9.59 Å². The van der Waals surface area contributed by atoms with Gasteiger partial charge < -0.3 is 29.2 Å². The number of methoxy groups -OCH3 is 1. The third-order valence-electron chi connectivity index (χ3n) is 8.24. The van der Waals surface area contributed by atoms with Crippen LogP contribution in [0.4, 0.5) is 9.59 Å². The zero-order valence-electron chi connectivity index (χ0n) is 26.7. The number of rotatable bonds is 11. The Kier molecular flexibility index (Phi) is 10.3. The first kappa shape index (κ1) is 33.2. The molecular weight excluding hydrogens is 582 g/mol. The first-order chi connectivity index (χ1) is 21.4. The average molecular weight is 624 g/mol. The molecular formula is C32H41N5O8. The van der Waals surface area contributed by atoms with Gasteiger partial charge in [0.25, 0.3) is 5.91 Å². The Morgan fingerprint density at radius 3 is 2.42 bits per heavy atom. The van der Waals surface area contributed by atoms with Crippen molar-refractivity contribution >= 4 is 23.9 Å². The Labute approximate surface area is 262 Å². The molecule has 0 bridgehead atoms. The first-order valence-electron chi connectivity index (χ1n) is 15.0. The number of aromatic nitrogens is 2. The fourth-order valence-corrected chi connectivity index (χ4v) is 5.70. The number of likely N-dealkylation sites (tertiary alicyclic amines) is 1. The van der Waals surface area contributed by atoms with E-state index in [0.29, 0.717) is 34.9 Å². The lowest BCUT2D eigenvalue weighted by Crippen LogP contribution is -2.49. The Morgan fingerprint density at radius 1 is 1.09 bits per heavy atom. The molecule has 3 amide bonds. The number of hydrogen-bond acceptors (Lipinski definition) is 10. The molecule has 3 aromatic rings. The number of nitrogens with one attached hydrogen (secondary N) is 2. The van der Waals surface area contributed by atoms with Crippen LogP contribution in [0, 0.1) is 19.3 Å². The summed E-state index contributed by atoms with van der Waals surface area (Å²) in [5, 5.41) is 13.5. The number of Topliss-reactive ketones (excluding diaryl/α,β-unsaturated/α-hetero) is 1. The van der Waals surface area contributed by atoms with Crippen LogP contribution in [0.25, 0.3) is 11.5 Å². The van der Waals surface area contributed by atoms with Gasteiger partial charge in [0.15, 0.2) is 11.5 Å². The van der Waals surface area contributed by atoms with Crippen molar-refractivity contribution in [2.24, 2.45) is 5.41 Å². The predicted octanol–water partition coefficient (Wildman–Crippen LogP) is 5.20. The standard InChI is InChI=1S/C32H41N5O8/c1-8-9-15-22(26(38)29(39)33-19(3)21-13-11-10-12-14-21)34-30(40)43-24-17-37(31(41)42-7)28(32(24,5)6)25-20(4)35-45-27(25)23-16-18(2)44-36-23/h10-14,16,19,22,24,28H,8-9,15,17H2,1-7H3,(H,33,39)(H,34,40)/t19-,22+,24-,28?/m1/s1. The Bertz CT molecular complexity index is 1510. The van der Waals surface area contributed by atoms with Crippen molar-refractivity contribution < 1.29 is 37.7 Å². The first-order valence-corrected chi connectivity index (χ1v) is 15.0. The summed E-state index contributed by atoms with van der Waals surface area (Å²) < 4.78 is 21.8. The van der Waals surface area contributed by atoms with Crippen LogP contribution in [0.1, 0.15) is 81.6 Å². The molecule has 1 aromatic carbocycles. The maximum atomic E-state index is 13.3. The summed E-state index contributed by atoms with van der Waals surface area (Å²) in [5.41, 5.74) is 1.45. The molecule has 0 spiro atoms. The molecule has 1 aliphatic rings. The number of alkyl carbamates (subject to hydrolysis) is 1. The minimum Gasteiger partial charge on any atom is -0.453 e. The molecule has 1 aliphatic heterocycles. The van der Waals surface area contributed by atoms with Crippen molar-refractivity contribution in [1.29, 1.82) is 0 Å². The summed E-state index contributed by atoms with van der Waals surface area (Å²) in [6, 6.07) is 8.75. The van der Waals surface area contributed by atoms with E-state index in [0.717, 1.165) is 12.0 Å². The maximum Gasteiger partial charge on any atom is 0.410 e. The molecule has 13 heteroatoms. The molecule has 2 N–H and O–H groups in total. The third kappa shape index (κ3) is 7.18. The molecule has 1 saturated heterocycles. The van der Waals surface area contributed by atoms with Gasteiger partial charge in [-0.3, -0.25) is 14.5 Å². The lowest BCUT2D eigenvalue weighted by atomic mass is 9.78. The monoisotopic (exact) mass is 623 g/mol. The lowest BCUT2D eigenvalue weighted by Gasteiger charge is -2.33. The van der Waals surface area contributed by atoms with Crippen LogP contribution < -0.4 is 10.6 Å². The highest BCUT2D eigenvalue weighted by atomic mass is 16.6. The fourth-order valence-electron chi connectivity index (χ4n) is 5.70. The van der Waals surface area contributed by atoms with Crippen molar-refractivity contribution in [3.8, 4) is 11.5 Å². The third-order valence-corrected chi connectivity index (χ3v) is 8.24. The molecule has 3 heterocycles. The van der Waals surface area contributed by atoms with Crippen LogP contribution in [0.3, 0.4) is 0 Å². The van der Waals surface area contributed by atoms with E-state index in [4.69, 9.17) is 18.5 Å². The second kappa shape index (κ2) is 14.0. The SMILES string of the molecule is CCCC[C@H](NC(=O)O[C@@H]1CN(C(=O)OC)C(c2c(C)noc2-c2cc(C)on2)C1(C)C)C(=O)C(=O)N[C@H](C)c1ccccc1. The second-order valence-electron chi connectivity index (χ2n) is 11.9. The number of unbranched alkanes of at least 4 members (excludes halogenated alkanes) is 1. The number of hydrogen-bond donors (Lipinski definition) is 2. The van der Waals surface area contributed by atoms with Crippen LogP contribution >= 0.6 is 0 Å². The zero-order chi connectivity index (χ0) is 32.9. The fraction of sp³-hybridized carbons (Fsp3) is 0.500. The van der Waals surface area contributed by atoms with E-state index < -0.39 is 53.5 Å². The number of aryl methyl sites for hydroxylation is 2. The molecule has 13 nitrogen and oxygen atoms in total. The van der Waals surface area contributed by atoms with E-state index in [9.17, 15) is 19.2 Å². The van der Waals surface area contributed by atoms with Gasteiger partial charge in [0.05, 0.1) is 31.4 Å². The van der Waals surface area contributed by atoms with Crippen molar-refractivity contribution in [2.75, 3.05) is 13.7 Å². The van der Waals surface area contributed by atoms with E-state index in [2.05, 4.69) is 20.9 Å². The Hall–Kier alpha value is -4.68. The van der Waals surface area contributed by atoms with Crippen LogP contribution in [-0.4, -0.2) is 64.9 Å². The van der Waals surface area contributed by atoms with Crippen LogP contribution in [0.5, 0.6) is 0 Å². The zero-order valence-corrected chi connectivity index (χ0v) is 26.7. The highest BCUT2D eigenvalue weighted by Gasteiger charge is 2.55. The van der Waals surface area contributed by atoms with Gasteiger partial charge in [0.1, 0.15) is 17.9 Å². The minimum atomic E-state index is -1.10. The van der Waals surface area contributed by atoms with Gasteiger partial charge in [-0.15, -0.1) is 0 Å². The smallest absolute Gasteiger partial charge is 0.410 e. The largest absolute Gasteiger partial charge is 0.453 e. The van der Waals surface area contributed by atoms with Crippen LogP contribution in [-0.2, 0) is 19.1 Å². The van der Waals surface area contributed by atoms with Gasteiger partial charge in [-0.1, -0.05) is 74.3 Å². The summed E-state index contributed by atoms with van der Waals surface area (Å²) in [5.74, 6) is -0.684. The number of carbonyl (C=O) groups is 4. The summed E-state index contributed by atoms with van der Waals surface area (Å²) in [6.45, 7) is 10.9. The van der Waals surface area contributed by atoms with Crippen LogP contribution in [0.15, 0.2) is 45.4 Å². The molecule has 1 unspecified atom stereocenters. The molecule has 4 rings (SSSR count). The van der Waals surface area contributed by atoms with E-state index in [-0.39, 0.29) is 13.0 Å². The van der Waals surface area contributed by atoms with Crippen molar-refractivity contribution in [1.82, 2.24) is 25.8 Å². The van der Waals surface area contributed by atoms with Crippen LogP contribution in [0.2, 0.25) is 0 Å². The lowest BCUT2D eigenvalue weighted by molar-refractivity contribution is -0.139. The molecule has 0 aliphatic carbocycles. The molecule has 242 valence electrons. The van der Waals surface area contributed by atoms with E-state index in [1.165, 1.54) is 12.0 Å². The molecule has 4 atom stereocenters.